The van der Waals surface area contributed by atoms with Gasteiger partial charge in [-0.05, 0) is 5.56 Å². The summed E-state index contributed by atoms with van der Waals surface area (Å²) in [5.41, 5.74) is 0.740. The summed E-state index contributed by atoms with van der Waals surface area (Å²) < 4.78 is 5.42. The van der Waals surface area contributed by atoms with Crippen LogP contribution in [0.25, 0.3) is 0 Å². The van der Waals surface area contributed by atoms with Crippen molar-refractivity contribution in [2.75, 3.05) is 19.7 Å². The molecule has 1 amide bonds. The Morgan fingerprint density at radius 1 is 1.41 bits per heavy atom. The maximum atomic E-state index is 10.8. The van der Waals surface area contributed by atoms with Crippen LogP contribution in [-0.2, 0) is 4.74 Å². The molecule has 1 unspecified atom stereocenters. The first-order valence-corrected chi connectivity index (χ1v) is 5.51. The van der Waals surface area contributed by atoms with Crippen molar-refractivity contribution in [3.63, 3.8) is 0 Å². The second kappa shape index (κ2) is 5.16. The van der Waals surface area contributed by atoms with Gasteiger partial charge in [-0.25, -0.2) is 4.79 Å². The first-order chi connectivity index (χ1) is 8.18. The number of nitrogens with zero attached hydrogens (tertiary/aromatic N) is 1. The summed E-state index contributed by atoms with van der Waals surface area (Å²) in [6.45, 7) is 0.875. The van der Waals surface area contributed by atoms with Crippen LogP contribution >= 0.6 is 0 Å². The molecule has 0 radical (unpaired) electrons. The molecule has 0 saturated carbocycles. The molecular formula is C12H15NO4. The van der Waals surface area contributed by atoms with Gasteiger partial charge in [-0.1, -0.05) is 30.3 Å². The van der Waals surface area contributed by atoms with Crippen molar-refractivity contribution in [1.82, 2.24) is 4.90 Å². The van der Waals surface area contributed by atoms with Crippen molar-refractivity contribution in [3.05, 3.63) is 35.9 Å². The van der Waals surface area contributed by atoms with Crippen molar-refractivity contribution in [1.29, 1.82) is 0 Å². The molecule has 1 aliphatic heterocycles. The fourth-order valence-electron chi connectivity index (χ4n) is 1.91. The van der Waals surface area contributed by atoms with Crippen molar-refractivity contribution < 1.29 is 19.7 Å². The highest BCUT2D eigenvalue weighted by Gasteiger charge is 2.29. The normalized spacial score (nSPS) is 22.2. The SMILES string of the molecule is O=C(O)N1CCO[C@H](C(O)c2ccccc2)C1. The molecule has 2 rings (SSSR count). The number of carbonyl (C=O) groups is 1. The number of hydrogen-bond acceptors (Lipinski definition) is 3. The van der Waals surface area contributed by atoms with Crippen LogP contribution in [0.15, 0.2) is 30.3 Å². The third-order valence-corrected chi connectivity index (χ3v) is 2.86. The molecule has 1 aliphatic rings. The molecule has 1 heterocycles. The molecule has 1 fully saturated rings. The Morgan fingerprint density at radius 2 is 2.12 bits per heavy atom. The molecule has 0 bridgehead atoms. The molecule has 2 N–H and O–H groups in total. The number of amides is 1. The Bertz CT molecular complexity index is 381. The quantitative estimate of drug-likeness (QED) is 0.808. The molecule has 0 aromatic heterocycles. The van der Waals surface area contributed by atoms with E-state index in [4.69, 9.17) is 9.84 Å². The van der Waals surface area contributed by atoms with Gasteiger partial charge < -0.3 is 19.8 Å². The topological polar surface area (TPSA) is 70.0 Å². The van der Waals surface area contributed by atoms with E-state index >= 15 is 0 Å². The summed E-state index contributed by atoms with van der Waals surface area (Å²) in [7, 11) is 0. The van der Waals surface area contributed by atoms with Gasteiger partial charge in [0.25, 0.3) is 0 Å². The largest absolute Gasteiger partial charge is 0.465 e. The number of morpholine rings is 1. The van der Waals surface area contributed by atoms with Crippen molar-refractivity contribution in [3.8, 4) is 0 Å². The Labute approximate surface area is 99.2 Å². The van der Waals surface area contributed by atoms with Crippen molar-refractivity contribution in [2.45, 2.75) is 12.2 Å². The van der Waals surface area contributed by atoms with E-state index in [-0.39, 0.29) is 6.54 Å². The fourth-order valence-corrected chi connectivity index (χ4v) is 1.91. The highest BCUT2D eigenvalue weighted by atomic mass is 16.5. The van der Waals surface area contributed by atoms with Gasteiger partial charge in [0, 0.05) is 6.54 Å². The number of hydrogen-bond donors (Lipinski definition) is 2. The summed E-state index contributed by atoms with van der Waals surface area (Å²) >= 11 is 0. The molecule has 5 heteroatoms. The van der Waals surface area contributed by atoms with E-state index in [0.717, 1.165) is 5.56 Å². The van der Waals surface area contributed by atoms with Gasteiger partial charge in [0.15, 0.2) is 0 Å². The van der Waals surface area contributed by atoms with E-state index in [1.54, 1.807) is 12.1 Å². The number of carboxylic acid groups (broad SMARTS) is 1. The van der Waals surface area contributed by atoms with Crippen LogP contribution in [-0.4, -0.2) is 47.0 Å². The van der Waals surface area contributed by atoms with Crippen LogP contribution in [0, 0.1) is 0 Å². The van der Waals surface area contributed by atoms with Gasteiger partial charge in [0.1, 0.15) is 12.2 Å². The minimum Gasteiger partial charge on any atom is -0.465 e. The summed E-state index contributed by atoms with van der Waals surface area (Å²) in [5.74, 6) is 0. The molecule has 5 nitrogen and oxygen atoms in total. The fraction of sp³-hybridized carbons (Fsp3) is 0.417. The van der Waals surface area contributed by atoms with Gasteiger partial charge in [-0.2, -0.15) is 0 Å². The number of rotatable bonds is 2. The first-order valence-electron chi connectivity index (χ1n) is 5.51. The zero-order valence-corrected chi connectivity index (χ0v) is 9.32. The lowest BCUT2D eigenvalue weighted by Crippen LogP contribution is -2.47. The summed E-state index contributed by atoms with van der Waals surface area (Å²) in [5, 5.41) is 19.0. The smallest absolute Gasteiger partial charge is 0.407 e. The Morgan fingerprint density at radius 3 is 2.76 bits per heavy atom. The van der Waals surface area contributed by atoms with Gasteiger partial charge in [-0.15, -0.1) is 0 Å². The Hall–Kier alpha value is -1.59. The third-order valence-electron chi connectivity index (χ3n) is 2.86. The lowest BCUT2D eigenvalue weighted by atomic mass is 10.0. The van der Waals surface area contributed by atoms with Gasteiger partial charge in [-0.3, -0.25) is 0 Å². The van der Waals surface area contributed by atoms with Gasteiger partial charge >= 0.3 is 6.09 Å². The second-order valence-electron chi connectivity index (χ2n) is 3.99. The molecular weight excluding hydrogens is 222 g/mol. The Balaban J connectivity index is 2.05. The molecule has 1 aromatic rings. The van der Waals surface area contributed by atoms with Crippen molar-refractivity contribution >= 4 is 6.09 Å². The number of aliphatic hydroxyl groups excluding tert-OH is 1. The van der Waals surface area contributed by atoms with E-state index in [2.05, 4.69) is 0 Å². The van der Waals surface area contributed by atoms with Crippen LogP contribution < -0.4 is 0 Å². The van der Waals surface area contributed by atoms with E-state index in [9.17, 15) is 9.90 Å². The van der Waals surface area contributed by atoms with E-state index in [0.29, 0.717) is 13.2 Å². The molecule has 1 saturated heterocycles. The average Bonchev–Trinajstić information content (AvgIpc) is 2.39. The minimum absolute atomic E-state index is 0.200. The standard InChI is InChI=1S/C12H15NO4/c14-11(9-4-2-1-3-5-9)10-8-13(12(15)16)6-7-17-10/h1-5,10-11,14H,6-8H2,(H,15,16)/t10-,11?/m0/s1. The van der Waals surface area contributed by atoms with Crippen LogP contribution in [0.3, 0.4) is 0 Å². The predicted octanol–water partition coefficient (Wildman–Crippen LogP) is 1.10. The highest BCUT2D eigenvalue weighted by molar-refractivity contribution is 5.65. The zero-order valence-electron chi connectivity index (χ0n) is 9.32. The lowest BCUT2D eigenvalue weighted by Gasteiger charge is -2.33. The maximum Gasteiger partial charge on any atom is 0.407 e. The monoisotopic (exact) mass is 237 g/mol. The predicted molar refractivity (Wildman–Crippen MR) is 60.7 cm³/mol. The third kappa shape index (κ3) is 2.75. The Kier molecular flexibility index (Phi) is 3.61. The molecule has 2 atom stereocenters. The molecule has 92 valence electrons. The average molecular weight is 237 g/mol. The summed E-state index contributed by atoms with van der Waals surface area (Å²) in [4.78, 5) is 12.1. The summed E-state index contributed by atoms with van der Waals surface area (Å²) in [6.07, 6.45) is -2.26. The van der Waals surface area contributed by atoms with E-state index < -0.39 is 18.3 Å². The van der Waals surface area contributed by atoms with Crippen LogP contribution in [0.2, 0.25) is 0 Å². The number of aliphatic hydroxyl groups is 1. The van der Waals surface area contributed by atoms with Crippen LogP contribution in [0.4, 0.5) is 4.79 Å². The molecule has 0 aliphatic carbocycles. The summed E-state index contributed by atoms with van der Waals surface area (Å²) in [6, 6.07) is 9.12. The molecule has 1 aromatic carbocycles. The van der Waals surface area contributed by atoms with E-state index in [1.165, 1.54) is 4.90 Å². The highest BCUT2D eigenvalue weighted by Crippen LogP contribution is 2.21. The van der Waals surface area contributed by atoms with Crippen LogP contribution in [0.5, 0.6) is 0 Å². The second-order valence-corrected chi connectivity index (χ2v) is 3.99. The molecule has 17 heavy (non-hydrogen) atoms. The number of benzene rings is 1. The minimum atomic E-state index is -0.974. The van der Waals surface area contributed by atoms with E-state index in [1.807, 2.05) is 18.2 Å². The van der Waals surface area contributed by atoms with Crippen molar-refractivity contribution in [2.24, 2.45) is 0 Å². The number of ether oxygens (including phenoxy) is 1. The first kappa shape index (κ1) is 11.9. The maximum absolute atomic E-state index is 10.8. The lowest BCUT2D eigenvalue weighted by molar-refractivity contribution is -0.0835. The van der Waals surface area contributed by atoms with Gasteiger partial charge in [0.2, 0.25) is 0 Å². The zero-order chi connectivity index (χ0) is 12.3. The van der Waals surface area contributed by atoms with Crippen LogP contribution in [0.1, 0.15) is 11.7 Å². The molecule has 0 spiro atoms. The van der Waals surface area contributed by atoms with Gasteiger partial charge in [0.05, 0.1) is 13.2 Å².